The van der Waals surface area contributed by atoms with E-state index in [2.05, 4.69) is 21.2 Å². The lowest BCUT2D eigenvalue weighted by atomic mass is 10.2. The van der Waals surface area contributed by atoms with E-state index in [0.717, 1.165) is 34.9 Å². The number of halogens is 1. The summed E-state index contributed by atoms with van der Waals surface area (Å²) in [4.78, 5) is 0. The molecular weight excluding hydrogens is 310 g/mol. The molecule has 0 aliphatic heterocycles. The van der Waals surface area contributed by atoms with Crippen molar-refractivity contribution in [2.75, 3.05) is 27.6 Å². The summed E-state index contributed by atoms with van der Waals surface area (Å²) in [5, 5.41) is 3.11. The van der Waals surface area contributed by atoms with Gasteiger partial charge >= 0.3 is 0 Å². The number of ether oxygens (including phenoxy) is 3. The van der Waals surface area contributed by atoms with Crippen molar-refractivity contribution in [3.8, 4) is 11.5 Å². The van der Waals surface area contributed by atoms with Crippen LogP contribution >= 0.6 is 15.9 Å². The molecule has 4 nitrogen and oxygen atoms in total. The standard InChI is InChI=1S/C14H20BrNO3/c1-16-7-11-5-12(15)14(13(6-11)17-2)19-9-18-8-10-3-4-10/h5-6,10,16H,3-4,7-9H2,1-2H3. The number of methoxy groups -OCH3 is 1. The van der Waals surface area contributed by atoms with Crippen molar-refractivity contribution in [3.05, 3.63) is 22.2 Å². The monoisotopic (exact) mass is 329 g/mol. The van der Waals surface area contributed by atoms with E-state index in [9.17, 15) is 0 Å². The first-order valence-electron chi connectivity index (χ1n) is 6.46. The molecule has 0 spiro atoms. The van der Waals surface area contributed by atoms with Crippen molar-refractivity contribution in [3.63, 3.8) is 0 Å². The molecule has 0 saturated heterocycles. The Labute approximate surface area is 122 Å². The maximum atomic E-state index is 5.66. The lowest BCUT2D eigenvalue weighted by molar-refractivity contribution is 0.00821. The van der Waals surface area contributed by atoms with Crippen molar-refractivity contribution in [2.45, 2.75) is 19.4 Å². The van der Waals surface area contributed by atoms with Crippen LogP contribution < -0.4 is 14.8 Å². The van der Waals surface area contributed by atoms with Crippen molar-refractivity contribution < 1.29 is 14.2 Å². The first-order valence-corrected chi connectivity index (χ1v) is 7.25. The first-order chi connectivity index (χ1) is 9.24. The van der Waals surface area contributed by atoms with Gasteiger partial charge < -0.3 is 19.5 Å². The van der Waals surface area contributed by atoms with Crippen LogP contribution in [0, 0.1) is 5.92 Å². The quantitative estimate of drug-likeness (QED) is 0.588. The zero-order valence-electron chi connectivity index (χ0n) is 11.4. The molecule has 1 aromatic carbocycles. The van der Waals surface area contributed by atoms with Gasteiger partial charge in [-0.2, -0.15) is 0 Å². The molecule has 19 heavy (non-hydrogen) atoms. The van der Waals surface area contributed by atoms with Gasteiger partial charge in [0.15, 0.2) is 18.3 Å². The Kier molecular flexibility index (Phi) is 5.48. The van der Waals surface area contributed by atoms with Gasteiger partial charge in [-0.3, -0.25) is 0 Å². The number of nitrogens with one attached hydrogen (secondary N) is 1. The summed E-state index contributed by atoms with van der Waals surface area (Å²) in [5.74, 6) is 2.15. The lowest BCUT2D eigenvalue weighted by Gasteiger charge is -2.14. The topological polar surface area (TPSA) is 39.7 Å². The van der Waals surface area contributed by atoms with Gasteiger partial charge in [-0.1, -0.05) is 0 Å². The van der Waals surface area contributed by atoms with E-state index >= 15 is 0 Å². The fourth-order valence-corrected chi connectivity index (χ4v) is 2.42. The number of hydrogen-bond donors (Lipinski definition) is 1. The fraction of sp³-hybridized carbons (Fsp3) is 0.571. The fourth-order valence-electron chi connectivity index (χ4n) is 1.82. The van der Waals surface area contributed by atoms with Gasteiger partial charge in [0, 0.05) is 6.54 Å². The Bertz CT molecular complexity index is 421. The van der Waals surface area contributed by atoms with E-state index in [1.165, 1.54) is 12.8 Å². The highest BCUT2D eigenvalue weighted by molar-refractivity contribution is 9.10. The molecule has 0 aromatic heterocycles. The normalized spacial score (nSPS) is 14.5. The van der Waals surface area contributed by atoms with E-state index in [4.69, 9.17) is 14.2 Å². The molecule has 0 atom stereocenters. The Morgan fingerprint density at radius 2 is 2.16 bits per heavy atom. The van der Waals surface area contributed by atoms with Gasteiger partial charge in [-0.05, 0) is 59.4 Å². The Morgan fingerprint density at radius 1 is 1.37 bits per heavy atom. The van der Waals surface area contributed by atoms with Crippen molar-refractivity contribution in [1.29, 1.82) is 0 Å². The number of rotatable bonds is 8. The zero-order valence-corrected chi connectivity index (χ0v) is 13.0. The van der Waals surface area contributed by atoms with Crippen LogP contribution in [-0.2, 0) is 11.3 Å². The molecule has 0 radical (unpaired) electrons. The predicted octanol–water partition coefficient (Wildman–Crippen LogP) is 2.94. The molecule has 2 rings (SSSR count). The van der Waals surface area contributed by atoms with Gasteiger partial charge in [0.1, 0.15) is 0 Å². The minimum absolute atomic E-state index is 0.261. The Morgan fingerprint density at radius 3 is 2.79 bits per heavy atom. The third kappa shape index (κ3) is 4.37. The second kappa shape index (κ2) is 7.12. The van der Waals surface area contributed by atoms with E-state index in [-0.39, 0.29) is 6.79 Å². The summed E-state index contributed by atoms with van der Waals surface area (Å²) >= 11 is 3.51. The van der Waals surface area contributed by atoms with Crippen LogP contribution in [0.15, 0.2) is 16.6 Å². The SMILES string of the molecule is CNCc1cc(Br)c(OCOCC2CC2)c(OC)c1. The van der Waals surface area contributed by atoms with Crippen LogP contribution in [0.1, 0.15) is 18.4 Å². The van der Waals surface area contributed by atoms with E-state index in [0.29, 0.717) is 5.75 Å². The molecule has 1 aliphatic carbocycles. The molecule has 0 heterocycles. The summed E-state index contributed by atoms with van der Waals surface area (Å²) in [5.41, 5.74) is 1.14. The second-order valence-corrected chi connectivity index (χ2v) is 5.57. The molecule has 1 saturated carbocycles. The summed E-state index contributed by atoms with van der Waals surface area (Å²) in [7, 11) is 3.55. The molecule has 0 bridgehead atoms. The predicted molar refractivity (Wildman–Crippen MR) is 77.6 cm³/mol. The summed E-state index contributed by atoms with van der Waals surface area (Å²) < 4.78 is 17.4. The summed E-state index contributed by atoms with van der Waals surface area (Å²) in [6.07, 6.45) is 2.57. The largest absolute Gasteiger partial charge is 0.493 e. The molecule has 0 unspecified atom stereocenters. The smallest absolute Gasteiger partial charge is 0.189 e. The molecule has 1 aromatic rings. The van der Waals surface area contributed by atoms with Crippen molar-refractivity contribution in [2.24, 2.45) is 5.92 Å². The average Bonchev–Trinajstić information content (AvgIpc) is 3.20. The minimum Gasteiger partial charge on any atom is -0.493 e. The maximum absolute atomic E-state index is 5.66. The van der Waals surface area contributed by atoms with E-state index in [1.807, 2.05) is 19.2 Å². The molecule has 5 heteroatoms. The van der Waals surface area contributed by atoms with Gasteiger partial charge in [-0.25, -0.2) is 0 Å². The van der Waals surface area contributed by atoms with Gasteiger partial charge in [0.05, 0.1) is 18.2 Å². The minimum atomic E-state index is 0.261. The molecule has 106 valence electrons. The molecule has 1 N–H and O–H groups in total. The van der Waals surface area contributed by atoms with E-state index in [1.54, 1.807) is 7.11 Å². The summed E-state index contributed by atoms with van der Waals surface area (Å²) in [6, 6.07) is 3.99. The highest BCUT2D eigenvalue weighted by Gasteiger charge is 2.21. The maximum Gasteiger partial charge on any atom is 0.189 e. The third-order valence-corrected chi connectivity index (χ3v) is 3.60. The van der Waals surface area contributed by atoms with Gasteiger partial charge in [0.25, 0.3) is 0 Å². The second-order valence-electron chi connectivity index (χ2n) is 4.72. The van der Waals surface area contributed by atoms with Crippen LogP contribution in [0.4, 0.5) is 0 Å². The average molecular weight is 330 g/mol. The van der Waals surface area contributed by atoms with Gasteiger partial charge in [0.2, 0.25) is 0 Å². The van der Waals surface area contributed by atoms with Crippen molar-refractivity contribution >= 4 is 15.9 Å². The van der Waals surface area contributed by atoms with Crippen molar-refractivity contribution in [1.82, 2.24) is 5.32 Å². The Balaban J connectivity index is 1.96. The summed E-state index contributed by atoms with van der Waals surface area (Å²) in [6.45, 7) is 1.84. The number of benzene rings is 1. The van der Waals surface area contributed by atoms with E-state index < -0.39 is 0 Å². The number of hydrogen-bond acceptors (Lipinski definition) is 4. The first kappa shape index (κ1) is 14.6. The highest BCUT2D eigenvalue weighted by Crippen LogP contribution is 2.37. The van der Waals surface area contributed by atoms with Crippen LogP contribution in [0.3, 0.4) is 0 Å². The molecule has 1 aliphatic rings. The zero-order chi connectivity index (χ0) is 13.7. The van der Waals surface area contributed by atoms with Crippen LogP contribution in [0.25, 0.3) is 0 Å². The van der Waals surface area contributed by atoms with Crippen LogP contribution in [-0.4, -0.2) is 27.6 Å². The third-order valence-electron chi connectivity index (χ3n) is 3.01. The lowest BCUT2D eigenvalue weighted by Crippen LogP contribution is -2.08. The Hall–Kier alpha value is -0.780. The van der Waals surface area contributed by atoms with Crippen LogP contribution in [0.2, 0.25) is 0 Å². The highest BCUT2D eigenvalue weighted by atomic mass is 79.9. The van der Waals surface area contributed by atoms with Crippen LogP contribution in [0.5, 0.6) is 11.5 Å². The molecular formula is C14H20BrNO3. The molecule has 0 amide bonds. The van der Waals surface area contributed by atoms with Gasteiger partial charge in [-0.15, -0.1) is 0 Å². The molecule has 1 fully saturated rings.